The summed E-state index contributed by atoms with van der Waals surface area (Å²) in [7, 11) is 0. The van der Waals surface area contributed by atoms with Crippen LogP contribution in [0.5, 0.6) is 5.75 Å². The van der Waals surface area contributed by atoms with E-state index in [1.54, 1.807) is 6.20 Å². The van der Waals surface area contributed by atoms with Crippen molar-refractivity contribution in [1.82, 2.24) is 14.3 Å². The minimum Gasteiger partial charge on any atom is -0.505 e. The Bertz CT molecular complexity index is 769. The van der Waals surface area contributed by atoms with Crippen LogP contribution < -0.4 is 5.32 Å². The maximum Gasteiger partial charge on any atom is 0.202 e. The summed E-state index contributed by atoms with van der Waals surface area (Å²) in [4.78, 5) is 8.64. The first-order valence-electron chi connectivity index (χ1n) is 6.78. The van der Waals surface area contributed by atoms with Gasteiger partial charge in [-0.3, -0.25) is 4.98 Å². The van der Waals surface area contributed by atoms with Gasteiger partial charge in [0.1, 0.15) is 17.1 Å². The number of pyridine rings is 1. The van der Waals surface area contributed by atoms with E-state index in [1.165, 1.54) is 11.5 Å². The average molecular weight is 300 g/mol. The summed E-state index contributed by atoms with van der Waals surface area (Å²) < 4.78 is 4.29. The molecule has 0 unspecified atom stereocenters. The molecule has 21 heavy (non-hydrogen) atoms. The van der Waals surface area contributed by atoms with Crippen molar-refractivity contribution in [3.8, 4) is 5.75 Å². The van der Waals surface area contributed by atoms with Crippen LogP contribution in [0.4, 0.5) is 5.13 Å². The Balaban J connectivity index is 1.80. The summed E-state index contributed by atoms with van der Waals surface area (Å²) >= 11 is 1.34. The number of nitrogens with one attached hydrogen (secondary N) is 1. The zero-order valence-corrected chi connectivity index (χ0v) is 12.7. The molecule has 2 aromatic heterocycles. The number of anilines is 1. The number of hydrogen-bond acceptors (Lipinski definition) is 6. The van der Waals surface area contributed by atoms with Crippen LogP contribution in [0.25, 0.3) is 10.9 Å². The second kappa shape index (κ2) is 5.65. The fourth-order valence-corrected chi connectivity index (χ4v) is 2.73. The molecule has 0 amide bonds. The quantitative estimate of drug-likeness (QED) is 0.771. The van der Waals surface area contributed by atoms with E-state index in [9.17, 15) is 5.11 Å². The molecule has 0 radical (unpaired) electrons. The van der Waals surface area contributed by atoms with Gasteiger partial charge >= 0.3 is 0 Å². The van der Waals surface area contributed by atoms with Gasteiger partial charge in [0.2, 0.25) is 5.13 Å². The number of rotatable bonds is 4. The fourth-order valence-electron chi connectivity index (χ4n) is 2.03. The van der Waals surface area contributed by atoms with E-state index in [1.807, 2.05) is 24.3 Å². The predicted molar refractivity (Wildman–Crippen MR) is 84.7 cm³/mol. The molecular formula is C15H16N4OS. The number of benzene rings is 1. The number of hydrogen-bond donors (Lipinski definition) is 2. The Hall–Kier alpha value is -2.21. The molecule has 0 aliphatic rings. The molecule has 0 saturated carbocycles. The van der Waals surface area contributed by atoms with Crippen LogP contribution >= 0.6 is 11.5 Å². The average Bonchev–Trinajstić information content (AvgIpc) is 2.96. The van der Waals surface area contributed by atoms with Crippen LogP contribution in [0.15, 0.2) is 30.5 Å². The monoisotopic (exact) mass is 300 g/mol. The Labute approximate surface area is 126 Å². The van der Waals surface area contributed by atoms with Crippen molar-refractivity contribution in [1.29, 1.82) is 0 Å². The first kappa shape index (κ1) is 13.8. The maximum absolute atomic E-state index is 10.3. The summed E-state index contributed by atoms with van der Waals surface area (Å²) in [5.74, 6) is 1.37. The molecule has 0 fully saturated rings. The highest BCUT2D eigenvalue weighted by Crippen LogP contribution is 2.27. The molecule has 2 N–H and O–H groups in total. The van der Waals surface area contributed by atoms with Gasteiger partial charge in [0.15, 0.2) is 0 Å². The minimum absolute atomic E-state index is 0.217. The first-order chi connectivity index (χ1) is 10.1. The summed E-state index contributed by atoms with van der Waals surface area (Å²) in [6.45, 7) is 4.62. The van der Waals surface area contributed by atoms with Crippen LogP contribution in [0.1, 0.15) is 31.2 Å². The fraction of sp³-hybridized carbons (Fsp3) is 0.267. The second-order valence-corrected chi connectivity index (χ2v) is 5.87. The zero-order chi connectivity index (χ0) is 14.8. The van der Waals surface area contributed by atoms with E-state index in [0.29, 0.717) is 18.0 Å². The summed E-state index contributed by atoms with van der Waals surface area (Å²) in [6, 6.07) is 7.64. The molecular weight excluding hydrogens is 284 g/mol. The van der Waals surface area contributed by atoms with Crippen molar-refractivity contribution < 1.29 is 5.11 Å². The topological polar surface area (TPSA) is 70.9 Å². The number of nitrogens with zero attached hydrogens (tertiary/aromatic N) is 3. The lowest BCUT2D eigenvalue weighted by molar-refractivity contribution is 0.474. The van der Waals surface area contributed by atoms with Gasteiger partial charge in [-0.2, -0.15) is 4.37 Å². The minimum atomic E-state index is 0.217. The van der Waals surface area contributed by atoms with E-state index >= 15 is 0 Å². The van der Waals surface area contributed by atoms with E-state index in [0.717, 1.165) is 21.9 Å². The molecule has 0 bridgehead atoms. The molecule has 0 saturated heterocycles. The molecule has 3 aromatic rings. The van der Waals surface area contributed by atoms with Gasteiger partial charge in [-0.25, -0.2) is 4.98 Å². The van der Waals surface area contributed by atoms with Crippen molar-refractivity contribution in [2.45, 2.75) is 26.3 Å². The smallest absolute Gasteiger partial charge is 0.202 e. The van der Waals surface area contributed by atoms with Gasteiger partial charge in [0.05, 0.1) is 0 Å². The molecule has 0 aliphatic heterocycles. The predicted octanol–water partition coefficient (Wildman–Crippen LogP) is 3.53. The van der Waals surface area contributed by atoms with Crippen molar-refractivity contribution in [3.05, 3.63) is 41.9 Å². The SMILES string of the molecule is CC(C)c1nsc(NCc2ccc3cccnc3c2O)n1. The summed E-state index contributed by atoms with van der Waals surface area (Å²) in [5, 5.41) is 15.2. The molecule has 2 heterocycles. The number of phenols is 1. The van der Waals surface area contributed by atoms with Gasteiger partial charge in [-0.05, 0) is 6.07 Å². The van der Waals surface area contributed by atoms with E-state index < -0.39 is 0 Å². The van der Waals surface area contributed by atoms with Crippen LogP contribution in [-0.2, 0) is 6.54 Å². The molecule has 6 heteroatoms. The maximum atomic E-state index is 10.3. The van der Waals surface area contributed by atoms with E-state index in [2.05, 4.69) is 33.5 Å². The molecule has 0 spiro atoms. The van der Waals surface area contributed by atoms with Crippen LogP contribution in [0, 0.1) is 0 Å². The highest BCUT2D eigenvalue weighted by Gasteiger charge is 2.10. The zero-order valence-electron chi connectivity index (χ0n) is 11.9. The van der Waals surface area contributed by atoms with Crippen molar-refractivity contribution in [2.75, 3.05) is 5.32 Å². The Morgan fingerprint density at radius 2 is 2.14 bits per heavy atom. The summed E-state index contributed by atoms with van der Waals surface area (Å²) in [6.07, 6.45) is 1.68. The van der Waals surface area contributed by atoms with E-state index in [-0.39, 0.29) is 5.75 Å². The van der Waals surface area contributed by atoms with Crippen molar-refractivity contribution >= 4 is 27.6 Å². The third kappa shape index (κ3) is 2.80. The summed E-state index contributed by atoms with van der Waals surface area (Å²) in [5.41, 5.74) is 1.42. The van der Waals surface area contributed by atoms with Gasteiger partial charge < -0.3 is 10.4 Å². The normalized spacial score (nSPS) is 11.2. The van der Waals surface area contributed by atoms with Crippen molar-refractivity contribution in [3.63, 3.8) is 0 Å². The van der Waals surface area contributed by atoms with Crippen molar-refractivity contribution in [2.24, 2.45) is 0 Å². The van der Waals surface area contributed by atoms with Gasteiger partial charge in [-0.1, -0.05) is 32.0 Å². The van der Waals surface area contributed by atoms with Gasteiger partial charge in [0.25, 0.3) is 0 Å². The Morgan fingerprint density at radius 3 is 2.90 bits per heavy atom. The first-order valence-corrected chi connectivity index (χ1v) is 7.55. The molecule has 1 aromatic carbocycles. The van der Waals surface area contributed by atoms with Crippen LogP contribution in [0.2, 0.25) is 0 Å². The standard InChI is InChI=1S/C15H16N4OS/c1-9(2)14-18-15(21-19-14)17-8-11-6-5-10-4-3-7-16-12(10)13(11)20/h3-7,9,20H,8H2,1-2H3,(H,17,18,19). The molecule has 3 rings (SSSR count). The number of phenolic OH excluding ortho intramolecular Hbond substituents is 1. The highest BCUT2D eigenvalue weighted by molar-refractivity contribution is 7.09. The lowest BCUT2D eigenvalue weighted by atomic mass is 10.1. The van der Waals surface area contributed by atoms with Crippen LogP contribution in [-0.4, -0.2) is 19.4 Å². The van der Waals surface area contributed by atoms with E-state index in [4.69, 9.17) is 0 Å². The van der Waals surface area contributed by atoms with Gasteiger partial charge in [0, 0.05) is 41.1 Å². The highest BCUT2D eigenvalue weighted by atomic mass is 32.1. The molecule has 5 nitrogen and oxygen atoms in total. The Kier molecular flexibility index (Phi) is 3.70. The van der Waals surface area contributed by atoms with Crippen LogP contribution in [0.3, 0.4) is 0 Å². The number of aromatic nitrogens is 3. The number of fused-ring (bicyclic) bond motifs is 1. The largest absolute Gasteiger partial charge is 0.505 e. The lowest BCUT2D eigenvalue weighted by Gasteiger charge is -2.07. The Morgan fingerprint density at radius 1 is 1.29 bits per heavy atom. The lowest BCUT2D eigenvalue weighted by Crippen LogP contribution is -2.00. The third-order valence-electron chi connectivity index (χ3n) is 3.22. The third-order valence-corrected chi connectivity index (χ3v) is 3.91. The molecule has 0 atom stereocenters. The number of aromatic hydroxyl groups is 1. The second-order valence-electron chi connectivity index (χ2n) is 5.11. The van der Waals surface area contributed by atoms with Gasteiger partial charge in [-0.15, -0.1) is 0 Å². The molecule has 108 valence electrons. The molecule has 0 aliphatic carbocycles.